The van der Waals surface area contributed by atoms with E-state index in [1.54, 1.807) is 18.9 Å². The quantitative estimate of drug-likeness (QED) is 0.408. The molecule has 0 fully saturated rings. The number of ether oxygens (including phenoxy) is 2. The normalized spacial score (nSPS) is 10.5. The summed E-state index contributed by atoms with van der Waals surface area (Å²) >= 11 is 1.77. The Balaban J connectivity index is 2.26. The highest BCUT2D eigenvalue weighted by molar-refractivity contribution is 7.99. The van der Waals surface area contributed by atoms with Crippen molar-refractivity contribution >= 4 is 17.7 Å². The van der Waals surface area contributed by atoms with Crippen LogP contribution in [-0.2, 0) is 20.8 Å². The van der Waals surface area contributed by atoms with E-state index >= 15 is 0 Å². The Hall–Kier alpha value is -1.04. The van der Waals surface area contributed by atoms with Crippen molar-refractivity contribution in [2.24, 2.45) is 0 Å². The van der Waals surface area contributed by atoms with Crippen LogP contribution in [-0.4, -0.2) is 39.1 Å². The molecule has 0 heterocycles. The minimum atomic E-state index is -0.137. The van der Waals surface area contributed by atoms with Gasteiger partial charge in [0.05, 0.1) is 13.7 Å². The van der Waals surface area contributed by atoms with Crippen LogP contribution in [0.25, 0.3) is 0 Å². The number of hydrogen-bond donors (Lipinski definition) is 1. The minimum Gasteiger partial charge on any atom is -0.469 e. The number of thioether (sulfide) groups is 1. The van der Waals surface area contributed by atoms with Crippen molar-refractivity contribution < 1.29 is 14.3 Å². The molecular formula is C15H23NO3S. The first-order valence-electron chi connectivity index (χ1n) is 6.74. The molecule has 0 amide bonds. The van der Waals surface area contributed by atoms with E-state index in [9.17, 15) is 4.79 Å². The second-order valence-corrected chi connectivity index (χ2v) is 5.51. The Morgan fingerprint density at radius 2 is 2.20 bits per heavy atom. The number of methoxy groups -OCH3 is 2. The third-order valence-corrected chi connectivity index (χ3v) is 3.81. The van der Waals surface area contributed by atoms with E-state index in [2.05, 4.69) is 34.3 Å². The number of carbonyl (C=O) groups is 1. The van der Waals surface area contributed by atoms with Crippen molar-refractivity contribution in [3.63, 3.8) is 0 Å². The van der Waals surface area contributed by atoms with Gasteiger partial charge in [0, 0.05) is 31.5 Å². The Labute approximate surface area is 125 Å². The fourth-order valence-electron chi connectivity index (χ4n) is 1.66. The van der Waals surface area contributed by atoms with Crippen molar-refractivity contribution in [3.05, 3.63) is 29.8 Å². The largest absolute Gasteiger partial charge is 0.469 e. The first-order valence-corrected chi connectivity index (χ1v) is 7.73. The summed E-state index contributed by atoms with van der Waals surface area (Å²) in [5.41, 5.74) is 1.26. The molecule has 1 aromatic rings. The van der Waals surface area contributed by atoms with Crippen LogP contribution in [0.4, 0.5) is 0 Å². The minimum absolute atomic E-state index is 0.137. The third-order valence-electron chi connectivity index (χ3n) is 2.73. The topological polar surface area (TPSA) is 47.6 Å². The molecular weight excluding hydrogens is 274 g/mol. The van der Waals surface area contributed by atoms with Gasteiger partial charge in [-0.15, -0.1) is 11.8 Å². The molecule has 0 unspecified atom stereocenters. The molecule has 0 spiro atoms. The summed E-state index contributed by atoms with van der Waals surface area (Å²) in [4.78, 5) is 12.2. The fraction of sp³-hybridized carbons (Fsp3) is 0.533. The van der Waals surface area contributed by atoms with Crippen molar-refractivity contribution in [1.29, 1.82) is 0 Å². The van der Waals surface area contributed by atoms with Gasteiger partial charge >= 0.3 is 5.97 Å². The summed E-state index contributed by atoms with van der Waals surface area (Å²) in [6.07, 6.45) is 1.33. The Kier molecular flexibility index (Phi) is 9.11. The highest BCUT2D eigenvalue weighted by Crippen LogP contribution is 2.20. The SMILES string of the molecule is COCCNCc1cccc(SCCCC(=O)OC)c1. The van der Waals surface area contributed by atoms with Crippen molar-refractivity contribution in [3.8, 4) is 0 Å². The van der Waals surface area contributed by atoms with Gasteiger partial charge in [-0.1, -0.05) is 12.1 Å². The molecule has 0 radical (unpaired) electrons. The molecule has 0 aliphatic rings. The van der Waals surface area contributed by atoms with Gasteiger partial charge in [-0.2, -0.15) is 0 Å². The lowest BCUT2D eigenvalue weighted by atomic mass is 10.2. The number of hydrogen-bond acceptors (Lipinski definition) is 5. The second kappa shape index (κ2) is 10.7. The van der Waals surface area contributed by atoms with Gasteiger partial charge in [0.15, 0.2) is 0 Å². The van der Waals surface area contributed by atoms with E-state index in [4.69, 9.17) is 4.74 Å². The zero-order chi connectivity index (χ0) is 14.6. The van der Waals surface area contributed by atoms with Gasteiger partial charge in [-0.3, -0.25) is 4.79 Å². The summed E-state index contributed by atoms with van der Waals surface area (Å²) < 4.78 is 9.61. The van der Waals surface area contributed by atoms with E-state index < -0.39 is 0 Å². The predicted molar refractivity (Wildman–Crippen MR) is 82.0 cm³/mol. The van der Waals surface area contributed by atoms with Gasteiger partial charge in [0.1, 0.15) is 0 Å². The average molecular weight is 297 g/mol. The summed E-state index contributed by atoms with van der Waals surface area (Å²) in [6.45, 7) is 2.43. The van der Waals surface area contributed by atoms with Gasteiger partial charge in [-0.25, -0.2) is 0 Å². The number of nitrogens with one attached hydrogen (secondary N) is 1. The first-order chi connectivity index (χ1) is 9.76. The molecule has 112 valence electrons. The Morgan fingerprint density at radius 1 is 1.35 bits per heavy atom. The summed E-state index contributed by atoms with van der Waals surface area (Å²) in [6, 6.07) is 8.46. The number of rotatable bonds is 10. The molecule has 1 rings (SSSR count). The monoisotopic (exact) mass is 297 g/mol. The molecule has 0 aliphatic heterocycles. The molecule has 0 saturated carbocycles. The lowest BCUT2D eigenvalue weighted by Gasteiger charge is -2.07. The molecule has 0 atom stereocenters. The highest BCUT2D eigenvalue weighted by Gasteiger charge is 2.01. The van der Waals surface area contributed by atoms with Crippen LogP contribution in [0, 0.1) is 0 Å². The zero-order valence-electron chi connectivity index (χ0n) is 12.2. The van der Waals surface area contributed by atoms with Crippen LogP contribution >= 0.6 is 11.8 Å². The third kappa shape index (κ3) is 7.53. The van der Waals surface area contributed by atoms with Crippen molar-refractivity contribution in [2.75, 3.05) is 33.1 Å². The molecule has 4 nitrogen and oxygen atoms in total. The van der Waals surface area contributed by atoms with E-state index in [1.165, 1.54) is 17.6 Å². The fourth-order valence-corrected chi connectivity index (χ4v) is 2.59. The van der Waals surface area contributed by atoms with Crippen LogP contribution in [0.5, 0.6) is 0 Å². The molecule has 20 heavy (non-hydrogen) atoms. The van der Waals surface area contributed by atoms with Crippen LogP contribution in [0.1, 0.15) is 18.4 Å². The van der Waals surface area contributed by atoms with Gasteiger partial charge in [0.25, 0.3) is 0 Å². The highest BCUT2D eigenvalue weighted by atomic mass is 32.2. The standard InChI is InChI=1S/C15H23NO3S/c1-18-9-8-16-12-13-5-3-6-14(11-13)20-10-4-7-15(17)19-2/h3,5-6,11,16H,4,7-10,12H2,1-2H3. The Morgan fingerprint density at radius 3 is 2.95 bits per heavy atom. The maximum atomic E-state index is 11.0. The Bertz CT molecular complexity index is 398. The van der Waals surface area contributed by atoms with E-state index in [-0.39, 0.29) is 5.97 Å². The number of esters is 1. The molecule has 1 aromatic carbocycles. The summed E-state index contributed by atoms with van der Waals surface area (Å²) in [7, 11) is 3.13. The van der Waals surface area contributed by atoms with Crippen LogP contribution in [0.15, 0.2) is 29.2 Å². The zero-order valence-corrected chi connectivity index (χ0v) is 13.0. The molecule has 5 heteroatoms. The van der Waals surface area contributed by atoms with Crippen molar-refractivity contribution in [1.82, 2.24) is 5.32 Å². The van der Waals surface area contributed by atoms with Crippen LogP contribution in [0.3, 0.4) is 0 Å². The number of carbonyl (C=O) groups excluding carboxylic acids is 1. The second-order valence-electron chi connectivity index (χ2n) is 4.35. The smallest absolute Gasteiger partial charge is 0.305 e. The van der Waals surface area contributed by atoms with Gasteiger partial charge in [-0.05, 0) is 29.9 Å². The van der Waals surface area contributed by atoms with Crippen LogP contribution in [0.2, 0.25) is 0 Å². The number of benzene rings is 1. The van der Waals surface area contributed by atoms with E-state index in [1.807, 2.05) is 0 Å². The van der Waals surface area contributed by atoms with Gasteiger partial charge < -0.3 is 14.8 Å². The summed E-state index contributed by atoms with van der Waals surface area (Å²) in [5, 5.41) is 3.32. The molecule has 0 saturated heterocycles. The molecule has 0 aliphatic carbocycles. The summed E-state index contributed by atoms with van der Waals surface area (Å²) in [5.74, 6) is 0.789. The van der Waals surface area contributed by atoms with E-state index in [0.29, 0.717) is 6.42 Å². The predicted octanol–water partition coefficient (Wildman–Crippen LogP) is 2.47. The molecule has 1 N–H and O–H groups in total. The maximum absolute atomic E-state index is 11.0. The van der Waals surface area contributed by atoms with Crippen LogP contribution < -0.4 is 5.32 Å². The lowest BCUT2D eigenvalue weighted by molar-refractivity contribution is -0.140. The molecule has 0 aromatic heterocycles. The average Bonchev–Trinajstić information content (AvgIpc) is 2.48. The van der Waals surface area contributed by atoms with Crippen molar-refractivity contribution in [2.45, 2.75) is 24.3 Å². The lowest BCUT2D eigenvalue weighted by Crippen LogP contribution is -2.18. The molecule has 0 bridgehead atoms. The first kappa shape index (κ1) is 17.0. The maximum Gasteiger partial charge on any atom is 0.305 e. The van der Waals surface area contributed by atoms with E-state index in [0.717, 1.165) is 31.9 Å². The van der Waals surface area contributed by atoms with Gasteiger partial charge in [0.2, 0.25) is 0 Å².